The number of nitriles is 1. The standard InChI is InChI=1S/C13H14FNO3/c1-17-6-5-12(16)10(8-15)9-3-4-13(18-2)11(14)7-9/h3-4,7,10H,5-6H2,1-2H3. The minimum Gasteiger partial charge on any atom is -0.494 e. The Labute approximate surface area is 105 Å². The van der Waals surface area contributed by atoms with Crippen LogP contribution in [0.3, 0.4) is 0 Å². The van der Waals surface area contributed by atoms with Crippen LogP contribution >= 0.6 is 0 Å². The zero-order valence-corrected chi connectivity index (χ0v) is 10.3. The summed E-state index contributed by atoms with van der Waals surface area (Å²) in [6, 6.07) is 5.95. The molecule has 0 aliphatic carbocycles. The second-order valence-corrected chi connectivity index (χ2v) is 3.67. The lowest BCUT2D eigenvalue weighted by Gasteiger charge is -2.10. The maximum absolute atomic E-state index is 13.5. The molecule has 96 valence electrons. The Morgan fingerprint density at radius 1 is 1.50 bits per heavy atom. The summed E-state index contributed by atoms with van der Waals surface area (Å²) in [4.78, 5) is 11.7. The van der Waals surface area contributed by atoms with Crippen molar-refractivity contribution in [2.75, 3.05) is 20.8 Å². The Morgan fingerprint density at radius 2 is 2.22 bits per heavy atom. The molecule has 5 heteroatoms. The van der Waals surface area contributed by atoms with Crippen LogP contribution < -0.4 is 4.74 Å². The van der Waals surface area contributed by atoms with Gasteiger partial charge in [-0.15, -0.1) is 0 Å². The summed E-state index contributed by atoms with van der Waals surface area (Å²) in [5.41, 5.74) is 0.330. The summed E-state index contributed by atoms with van der Waals surface area (Å²) in [5.74, 6) is -1.76. The number of hydrogen-bond acceptors (Lipinski definition) is 4. The molecule has 0 heterocycles. The number of Topliss-reactive ketones (excluding diaryl/α,β-unsaturated/α-hetero) is 1. The molecule has 0 aromatic heterocycles. The van der Waals surface area contributed by atoms with Crippen LogP contribution in [0.25, 0.3) is 0 Å². The second kappa shape index (κ2) is 6.72. The first-order valence-corrected chi connectivity index (χ1v) is 5.38. The van der Waals surface area contributed by atoms with E-state index in [4.69, 9.17) is 14.7 Å². The van der Waals surface area contributed by atoms with Crippen molar-refractivity contribution < 1.29 is 18.7 Å². The number of carbonyl (C=O) groups is 1. The summed E-state index contributed by atoms with van der Waals surface area (Å²) >= 11 is 0. The lowest BCUT2D eigenvalue weighted by atomic mass is 9.94. The van der Waals surface area contributed by atoms with E-state index in [-0.39, 0.29) is 24.6 Å². The van der Waals surface area contributed by atoms with Gasteiger partial charge in [0, 0.05) is 13.5 Å². The number of nitrogens with zero attached hydrogens (tertiary/aromatic N) is 1. The predicted octanol–water partition coefficient (Wildman–Crippen LogP) is 2.05. The molecular formula is C13H14FNO3. The van der Waals surface area contributed by atoms with Gasteiger partial charge >= 0.3 is 0 Å². The van der Waals surface area contributed by atoms with Crippen LogP contribution in [-0.2, 0) is 9.53 Å². The van der Waals surface area contributed by atoms with Crippen molar-refractivity contribution in [2.24, 2.45) is 0 Å². The van der Waals surface area contributed by atoms with E-state index >= 15 is 0 Å². The zero-order valence-electron chi connectivity index (χ0n) is 10.3. The van der Waals surface area contributed by atoms with E-state index in [1.54, 1.807) is 0 Å². The maximum Gasteiger partial charge on any atom is 0.165 e. The van der Waals surface area contributed by atoms with Gasteiger partial charge in [0.15, 0.2) is 17.3 Å². The molecule has 0 saturated heterocycles. The van der Waals surface area contributed by atoms with E-state index in [9.17, 15) is 9.18 Å². The van der Waals surface area contributed by atoms with E-state index in [2.05, 4.69) is 0 Å². The zero-order chi connectivity index (χ0) is 13.5. The minimum absolute atomic E-state index is 0.0831. The summed E-state index contributed by atoms with van der Waals surface area (Å²) in [6.07, 6.45) is 0.127. The number of benzene rings is 1. The monoisotopic (exact) mass is 251 g/mol. The Balaban J connectivity index is 2.93. The molecule has 1 aromatic rings. The van der Waals surface area contributed by atoms with Crippen LogP contribution in [0.5, 0.6) is 5.75 Å². The smallest absolute Gasteiger partial charge is 0.165 e. The minimum atomic E-state index is -0.972. The molecule has 0 aliphatic rings. The molecule has 0 fully saturated rings. The quantitative estimate of drug-likeness (QED) is 0.776. The normalized spacial score (nSPS) is 11.7. The molecule has 0 aliphatic heterocycles. The van der Waals surface area contributed by atoms with E-state index < -0.39 is 11.7 Å². The highest BCUT2D eigenvalue weighted by Crippen LogP contribution is 2.24. The van der Waals surface area contributed by atoms with E-state index in [1.807, 2.05) is 6.07 Å². The summed E-state index contributed by atoms with van der Waals surface area (Å²) in [5, 5.41) is 9.00. The molecule has 1 aromatic carbocycles. The third kappa shape index (κ3) is 3.28. The third-order valence-corrected chi connectivity index (χ3v) is 2.51. The molecule has 1 atom stereocenters. The lowest BCUT2D eigenvalue weighted by molar-refractivity contribution is -0.120. The number of rotatable bonds is 6. The molecule has 1 unspecified atom stereocenters. The largest absolute Gasteiger partial charge is 0.494 e. The SMILES string of the molecule is COCCC(=O)C(C#N)c1ccc(OC)c(F)c1. The Kier molecular flexibility index (Phi) is 5.28. The van der Waals surface area contributed by atoms with Crippen LogP contribution in [-0.4, -0.2) is 26.6 Å². The van der Waals surface area contributed by atoms with Gasteiger partial charge in [-0.25, -0.2) is 4.39 Å². The summed E-state index contributed by atoms with van der Waals surface area (Å²) in [6.45, 7) is 0.246. The van der Waals surface area contributed by atoms with Gasteiger partial charge in [-0.05, 0) is 17.7 Å². The van der Waals surface area contributed by atoms with Gasteiger partial charge in [-0.1, -0.05) is 6.07 Å². The fourth-order valence-corrected chi connectivity index (χ4v) is 1.54. The molecule has 0 spiro atoms. The average Bonchev–Trinajstić information content (AvgIpc) is 2.37. The number of carbonyl (C=O) groups excluding carboxylic acids is 1. The van der Waals surface area contributed by atoms with Gasteiger partial charge in [0.2, 0.25) is 0 Å². The van der Waals surface area contributed by atoms with E-state index in [0.717, 1.165) is 6.07 Å². The Bertz CT molecular complexity index is 468. The molecule has 4 nitrogen and oxygen atoms in total. The first-order chi connectivity index (χ1) is 8.63. The van der Waals surface area contributed by atoms with Gasteiger partial charge in [0.1, 0.15) is 5.92 Å². The molecule has 0 N–H and O–H groups in total. The third-order valence-electron chi connectivity index (χ3n) is 2.51. The van der Waals surface area contributed by atoms with E-state index in [0.29, 0.717) is 5.56 Å². The van der Waals surface area contributed by atoms with Crippen LogP contribution in [0.4, 0.5) is 4.39 Å². The van der Waals surface area contributed by atoms with Crippen molar-refractivity contribution in [2.45, 2.75) is 12.3 Å². The van der Waals surface area contributed by atoms with Crippen molar-refractivity contribution in [3.63, 3.8) is 0 Å². The summed E-state index contributed by atoms with van der Waals surface area (Å²) < 4.78 is 23.0. The highest BCUT2D eigenvalue weighted by Gasteiger charge is 2.21. The first-order valence-electron chi connectivity index (χ1n) is 5.38. The van der Waals surface area contributed by atoms with Gasteiger partial charge in [0.25, 0.3) is 0 Å². The number of ketones is 1. The summed E-state index contributed by atoms with van der Waals surface area (Å²) in [7, 11) is 2.82. The van der Waals surface area contributed by atoms with Crippen LogP contribution in [0, 0.1) is 17.1 Å². The van der Waals surface area contributed by atoms with Crippen molar-refractivity contribution in [1.29, 1.82) is 5.26 Å². The van der Waals surface area contributed by atoms with Crippen molar-refractivity contribution in [3.8, 4) is 11.8 Å². The van der Waals surface area contributed by atoms with Gasteiger partial charge in [-0.3, -0.25) is 4.79 Å². The average molecular weight is 251 g/mol. The second-order valence-electron chi connectivity index (χ2n) is 3.67. The predicted molar refractivity (Wildman–Crippen MR) is 62.8 cm³/mol. The Morgan fingerprint density at radius 3 is 2.72 bits per heavy atom. The first kappa shape index (κ1) is 14.1. The number of hydrogen-bond donors (Lipinski definition) is 0. The van der Waals surface area contributed by atoms with Gasteiger partial charge in [-0.2, -0.15) is 5.26 Å². The topological polar surface area (TPSA) is 59.3 Å². The molecule has 0 saturated carbocycles. The number of ether oxygens (including phenoxy) is 2. The van der Waals surface area contributed by atoms with E-state index in [1.165, 1.54) is 26.4 Å². The van der Waals surface area contributed by atoms with Crippen LogP contribution in [0.1, 0.15) is 17.9 Å². The molecule has 0 bridgehead atoms. The van der Waals surface area contributed by atoms with Gasteiger partial charge in [0.05, 0.1) is 19.8 Å². The fourth-order valence-electron chi connectivity index (χ4n) is 1.54. The maximum atomic E-state index is 13.5. The highest BCUT2D eigenvalue weighted by atomic mass is 19.1. The highest BCUT2D eigenvalue weighted by molar-refractivity contribution is 5.88. The van der Waals surface area contributed by atoms with Crippen LogP contribution in [0.15, 0.2) is 18.2 Å². The van der Waals surface area contributed by atoms with Crippen molar-refractivity contribution >= 4 is 5.78 Å². The number of methoxy groups -OCH3 is 2. The van der Waals surface area contributed by atoms with Crippen molar-refractivity contribution in [3.05, 3.63) is 29.6 Å². The number of halogens is 1. The Hall–Kier alpha value is -1.93. The molecular weight excluding hydrogens is 237 g/mol. The van der Waals surface area contributed by atoms with Crippen LogP contribution in [0.2, 0.25) is 0 Å². The van der Waals surface area contributed by atoms with Gasteiger partial charge < -0.3 is 9.47 Å². The molecule has 0 radical (unpaired) electrons. The molecule has 1 rings (SSSR count). The van der Waals surface area contributed by atoms with Crippen molar-refractivity contribution in [1.82, 2.24) is 0 Å². The fraction of sp³-hybridized carbons (Fsp3) is 0.385. The molecule has 18 heavy (non-hydrogen) atoms. The molecule has 0 amide bonds. The lowest BCUT2D eigenvalue weighted by Crippen LogP contribution is -2.13.